The Hall–Kier alpha value is -1.55. The van der Waals surface area contributed by atoms with E-state index in [1.165, 1.54) is 5.56 Å². The van der Waals surface area contributed by atoms with E-state index in [-0.39, 0.29) is 12.5 Å². The number of aryl methyl sites for hydroxylation is 2. The molecule has 94 valence electrons. The van der Waals surface area contributed by atoms with Gasteiger partial charge in [-0.1, -0.05) is 6.07 Å². The second-order valence-corrected chi connectivity index (χ2v) is 4.40. The van der Waals surface area contributed by atoms with Gasteiger partial charge in [0.15, 0.2) is 0 Å². The highest BCUT2D eigenvalue weighted by Crippen LogP contribution is 2.25. The first-order chi connectivity index (χ1) is 7.93. The summed E-state index contributed by atoms with van der Waals surface area (Å²) in [7, 11) is 3.52. The van der Waals surface area contributed by atoms with Gasteiger partial charge in [-0.2, -0.15) is 0 Å². The maximum atomic E-state index is 10.8. The summed E-state index contributed by atoms with van der Waals surface area (Å²) in [4.78, 5) is 12.7. The number of hydrogen-bond acceptors (Lipinski definition) is 3. The van der Waals surface area contributed by atoms with Crippen molar-refractivity contribution in [3.63, 3.8) is 0 Å². The van der Waals surface area contributed by atoms with Gasteiger partial charge in [0.25, 0.3) is 0 Å². The van der Waals surface area contributed by atoms with Crippen LogP contribution in [0.5, 0.6) is 5.75 Å². The lowest BCUT2D eigenvalue weighted by molar-refractivity contribution is -0.118. The van der Waals surface area contributed by atoms with Crippen molar-refractivity contribution >= 4 is 5.91 Å². The molecule has 0 saturated carbocycles. The number of hydrogen-bond donors (Lipinski definition) is 1. The number of carbonyl (C=O) groups excluding carboxylic acids is 1. The molecule has 2 N–H and O–H groups in total. The van der Waals surface area contributed by atoms with Gasteiger partial charge in [0, 0.05) is 12.1 Å². The molecule has 1 rings (SSSR count). The average Bonchev–Trinajstić information content (AvgIpc) is 2.20. The maximum absolute atomic E-state index is 10.8. The molecule has 0 saturated heterocycles. The zero-order chi connectivity index (χ0) is 13.0. The van der Waals surface area contributed by atoms with Crippen LogP contribution in [-0.2, 0) is 11.3 Å². The normalized spacial score (nSPS) is 10.6. The van der Waals surface area contributed by atoms with Crippen LogP contribution >= 0.6 is 0 Å². The molecule has 0 aromatic heterocycles. The van der Waals surface area contributed by atoms with Crippen molar-refractivity contribution in [1.29, 1.82) is 0 Å². The van der Waals surface area contributed by atoms with E-state index >= 15 is 0 Å². The van der Waals surface area contributed by atoms with Crippen molar-refractivity contribution in [3.05, 3.63) is 28.8 Å². The van der Waals surface area contributed by atoms with Gasteiger partial charge in [-0.25, -0.2) is 0 Å². The third-order valence-electron chi connectivity index (χ3n) is 2.65. The number of benzene rings is 1. The summed E-state index contributed by atoms with van der Waals surface area (Å²) in [5.74, 6) is 0.537. The molecule has 0 aliphatic heterocycles. The highest BCUT2D eigenvalue weighted by atomic mass is 16.5. The molecular formula is C13H20N2O2. The largest absolute Gasteiger partial charge is 0.496 e. The van der Waals surface area contributed by atoms with Crippen molar-refractivity contribution in [2.45, 2.75) is 20.4 Å². The Kier molecular flexibility index (Phi) is 4.52. The van der Waals surface area contributed by atoms with E-state index in [9.17, 15) is 4.79 Å². The minimum Gasteiger partial charge on any atom is -0.496 e. The van der Waals surface area contributed by atoms with Crippen LogP contribution in [0.2, 0.25) is 0 Å². The number of nitrogens with zero attached hydrogens (tertiary/aromatic N) is 1. The minimum atomic E-state index is -0.323. The Bertz CT molecular complexity index is 416. The highest BCUT2D eigenvalue weighted by Gasteiger charge is 2.11. The van der Waals surface area contributed by atoms with E-state index in [1.807, 2.05) is 31.9 Å². The molecule has 1 amide bonds. The van der Waals surface area contributed by atoms with Crippen molar-refractivity contribution in [2.24, 2.45) is 5.73 Å². The maximum Gasteiger partial charge on any atom is 0.231 e. The lowest BCUT2D eigenvalue weighted by atomic mass is 10.0. The van der Waals surface area contributed by atoms with Crippen LogP contribution in [0.15, 0.2) is 12.1 Å². The fourth-order valence-electron chi connectivity index (χ4n) is 1.94. The SMILES string of the molecule is COc1cc(C)cc(C)c1CN(C)CC(N)=O. The van der Waals surface area contributed by atoms with Gasteiger partial charge < -0.3 is 10.5 Å². The number of nitrogens with two attached hydrogens (primary N) is 1. The summed E-state index contributed by atoms with van der Waals surface area (Å²) in [5, 5.41) is 0. The smallest absolute Gasteiger partial charge is 0.231 e. The summed E-state index contributed by atoms with van der Waals surface area (Å²) in [6.07, 6.45) is 0. The van der Waals surface area contributed by atoms with Crippen LogP contribution in [0.1, 0.15) is 16.7 Å². The summed E-state index contributed by atoms with van der Waals surface area (Å²) in [5.41, 5.74) is 8.60. The molecule has 0 atom stereocenters. The summed E-state index contributed by atoms with van der Waals surface area (Å²) in [6.45, 7) is 4.98. The van der Waals surface area contributed by atoms with E-state index in [0.717, 1.165) is 16.9 Å². The van der Waals surface area contributed by atoms with E-state index < -0.39 is 0 Å². The zero-order valence-electron chi connectivity index (χ0n) is 10.9. The van der Waals surface area contributed by atoms with Crippen LogP contribution in [0.4, 0.5) is 0 Å². The first kappa shape index (κ1) is 13.5. The van der Waals surface area contributed by atoms with E-state index in [2.05, 4.69) is 6.07 Å². The predicted octanol–water partition coefficient (Wildman–Crippen LogP) is 1.23. The Morgan fingerprint density at radius 1 is 1.41 bits per heavy atom. The zero-order valence-corrected chi connectivity index (χ0v) is 10.9. The van der Waals surface area contributed by atoms with Gasteiger partial charge in [0.2, 0.25) is 5.91 Å². The quantitative estimate of drug-likeness (QED) is 0.836. The fourth-order valence-corrected chi connectivity index (χ4v) is 1.94. The van der Waals surface area contributed by atoms with Crippen molar-refractivity contribution < 1.29 is 9.53 Å². The number of ether oxygens (including phenoxy) is 1. The second-order valence-electron chi connectivity index (χ2n) is 4.40. The predicted molar refractivity (Wildman–Crippen MR) is 68.0 cm³/mol. The third-order valence-corrected chi connectivity index (χ3v) is 2.65. The van der Waals surface area contributed by atoms with Crippen molar-refractivity contribution in [2.75, 3.05) is 20.7 Å². The number of carbonyl (C=O) groups is 1. The molecule has 0 radical (unpaired) electrons. The number of amides is 1. The standard InChI is InChI=1S/C13H20N2O2/c1-9-5-10(2)11(12(6-9)17-4)7-15(3)8-13(14)16/h5-6H,7-8H2,1-4H3,(H2,14,16). The van der Waals surface area contributed by atoms with E-state index in [1.54, 1.807) is 7.11 Å². The van der Waals surface area contributed by atoms with Crippen LogP contribution < -0.4 is 10.5 Å². The van der Waals surface area contributed by atoms with Crippen molar-refractivity contribution in [1.82, 2.24) is 4.90 Å². The molecule has 0 unspecified atom stereocenters. The van der Waals surface area contributed by atoms with E-state index in [4.69, 9.17) is 10.5 Å². The number of rotatable bonds is 5. The minimum absolute atomic E-state index is 0.246. The van der Waals surface area contributed by atoms with Gasteiger partial charge in [0.05, 0.1) is 13.7 Å². The molecule has 0 aliphatic carbocycles. The number of primary amides is 1. The molecule has 0 fully saturated rings. The molecule has 0 aliphatic rings. The van der Waals surface area contributed by atoms with Crippen LogP contribution in [0.25, 0.3) is 0 Å². The number of methoxy groups -OCH3 is 1. The van der Waals surface area contributed by atoms with Crippen LogP contribution in [0, 0.1) is 13.8 Å². The van der Waals surface area contributed by atoms with Gasteiger partial charge in [-0.05, 0) is 38.1 Å². The molecule has 1 aromatic carbocycles. The molecule has 0 spiro atoms. The summed E-state index contributed by atoms with van der Waals surface area (Å²) >= 11 is 0. The Labute approximate surface area is 102 Å². The second kappa shape index (κ2) is 5.68. The summed E-state index contributed by atoms with van der Waals surface area (Å²) < 4.78 is 5.37. The van der Waals surface area contributed by atoms with Crippen LogP contribution in [0.3, 0.4) is 0 Å². The summed E-state index contributed by atoms with van der Waals surface area (Å²) in [6, 6.07) is 4.11. The highest BCUT2D eigenvalue weighted by molar-refractivity contribution is 5.75. The molecule has 1 aromatic rings. The molecule has 4 nitrogen and oxygen atoms in total. The van der Waals surface area contributed by atoms with Crippen molar-refractivity contribution in [3.8, 4) is 5.75 Å². The van der Waals surface area contributed by atoms with Gasteiger partial charge in [-0.3, -0.25) is 9.69 Å². The number of likely N-dealkylation sites (N-methyl/N-ethyl adjacent to an activating group) is 1. The molecule has 0 bridgehead atoms. The average molecular weight is 236 g/mol. The first-order valence-electron chi connectivity index (χ1n) is 5.55. The Balaban J connectivity index is 2.93. The third kappa shape index (κ3) is 3.75. The van der Waals surface area contributed by atoms with Gasteiger partial charge >= 0.3 is 0 Å². The van der Waals surface area contributed by atoms with Gasteiger partial charge in [-0.15, -0.1) is 0 Å². The molecule has 0 heterocycles. The van der Waals surface area contributed by atoms with Crippen LogP contribution in [-0.4, -0.2) is 31.5 Å². The monoisotopic (exact) mass is 236 g/mol. The Morgan fingerprint density at radius 3 is 2.59 bits per heavy atom. The fraction of sp³-hybridized carbons (Fsp3) is 0.462. The Morgan fingerprint density at radius 2 is 2.06 bits per heavy atom. The lowest BCUT2D eigenvalue weighted by Crippen LogP contribution is -2.30. The molecule has 17 heavy (non-hydrogen) atoms. The lowest BCUT2D eigenvalue weighted by Gasteiger charge is -2.19. The van der Waals surface area contributed by atoms with E-state index in [0.29, 0.717) is 6.54 Å². The molecule has 4 heteroatoms. The van der Waals surface area contributed by atoms with Gasteiger partial charge in [0.1, 0.15) is 5.75 Å². The molecular weight excluding hydrogens is 216 g/mol. The first-order valence-corrected chi connectivity index (χ1v) is 5.55. The topological polar surface area (TPSA) is 55.6 Å².